The quantitative estimate of drug-likeness (QED) is 0.0261. The molecular weight excluding hydrogens is 889 g/mol. The Bertz CT molecular complexity index is 1380. The van der Waals surface area contributed by atoms with Gasteiger partial charge in [0.15, 0.2) is 6.10 Å². The fourth-order valence-electron chi connectivity index (χ4n) is 8.45. The molecule has 0 aromatic carbocycles. The van der Waals surface area contributed by atoms with Crippen LogP contribution >= 0.6 is 0 Å². The first-order valence-electron chi connectivity index (χ1n) is 30.6. The zero-order valence-corrected chi connectivity index (χ0v) is 47.4. The molecule has 6 nitrogen and oxygen atoms in total. The lowest BCUT2D eigenvalue weighted by Gasteiger charge is -2.18. The zero-order chi connectivity index (χ0) is 52.2. The lowest BCUT2D eigenvalue weighted by atomic mass is 10.1. The van der Waals surface area contributed by atoms with Gasteiger partial charge in [-0.15, -0.1) is 0 Å². The fraction of sp³-hybridized carbons (Fsp3) is 0.742. The summed E-state index contributed by atoms with van der Waals surface area (Å²) < 4.78 is 16.9. The Kier molecular flexibility index (Phi) is 57.3. The minimum Gasteiger partial charge on any atom is -0.462 e. The lowest BCUT2D eigenvalue weighted by Crippen LogP contribution is -2.30. The standard InChI is InChI=1S/C66H114O6/c1-4-7-10-13-16-19-22-25-28-31-33-35-38-41-44-47-50-53-56-59-65(68)71-62-63(61-70-64(67)58-55-52-49-46-43-40-37-30-27-24-21-18-15-12-9-6-3)72-66(69)60-57-54-51-48-45-42-39-36-34-32-29-26-23-20-17-14-11-8-5-2/h16-17,19-20,25-26,28-30,33-37,63H,4-15,18,21-24,27,31-32,38-62H2,1-3H3/b19-16-,20-17-,28-25-,29-26-,35-33-,36-34-,37-30-/t63-/m1/s1. The lowest BCUT2D eigenvalue weighted by molar-refractivity contribution is -0.167. The van der Waals surface area contributed by atoms with E-state index in [9.17, 15) is 14.4 Å². The molecule has 0 aliphatic carbocycles. The van der Waals surface area contributed by atoms with Gasteiger partial charge in [0.25, 0.3) is 0 Å². The average molecular weight is 1000 g/mol. The largest absolute Gasteiger partial charge is 0.462 e. The highest BCUT2D eigenvalue weighted by Crippen LogP contribution is 2.15. The Balaban J connectivity index is 4.45. The van der Waals surface area contributed by atoms with E-state index < -0.39 is 6.10 Å². The van der Waals surface area contributed by atoms with Crippen LogP contribution < -0.4 is 0 Å². The summed E-state index contributed by atoms with van der Waals surface area (Å²) in [5, 5.41) is 0. The van der Waals surface area contributed by atoms with Crippen molar-refractivity contribution in [3.8, 4) is 0 Å². The van der Waals surface area contributed by atoms with Crippen LogP contribution in [-0.4, -0.2) is 37.2 Å². The summed E-state index contributed by atoms with van der Waals surface area (Å²) in [6.45, 7) is 6.58. The molecule has 0 bridgehead atoms. The Hall–Kier alpha value is -3.41. The van der Waals surface area contributed by atoms with Crippen molar-refractivity contribution in [2.75, 3.05) is 13.2 Å². The van der Waals surface area contributed by atoms with Crippen LogP contribution in [0.5, 0.6) is 0 Å². The highest BCUT2D eigenvalue weighted by atomic mass is 16.6. The third-order valence-electron chi connectivity index (χ3n) is 13.1. The number of hydrogen-bond acceptors (Lipinski definition) is 6. The van der Waals surface area contributed by atoms with E-state index in [4.69, 9.17) is 14.2 Å². The van der Waals surface area contributed by atoms with Gasteiger partial charge in [0.1, 0.15) is 13.2 Å². The molecule has 0 rings (SSSR count). The van der Waals surface area contributed by atoms with Crippen LogP contribution in [0, 0.1) is 0 Å². The summed E-state index contributed by atoms with van der Waals surface area (Å²) in [5.74, 6) is -0.915. The first-order chi connectivity index (χ1) is 35.5. The van der Waals surface area contributed by atoms with E-state index in [1.54, 1.807) is 0 Å². The summed E-state index contributed by atoms with van der Waals surface area (Å²) >= 11 is 0. The Morgan fingerprint density at radius 1 is 0.278 bits per heavy atom. The second kappa shape index (κ2) is 60.1. The molecule has 414 valence electrons. The van der Waals surface area contributed by atoms with E-state index >= 15 is 0 Å². The van der Waals surface area contributed by atoms with Gasteiger partial charge in [-0.25, -0.2) is 0 Å². The maximum Gasteiger partial charge on any atom is 0.306 e. The van der Waals surface area contributed by atoms with Gasteiger partial charge in [-0.2, -0.15) is 0 Å². The van der Waals surface area contributed by atoms with Crippen molar-refractivity contribution in [1.29, 1.82) is 0 Å². The van der Waals surface area contributed by atoms with Crippen LogP contribution in [0.15, 0.2) is 85.1 Å². The maximum atomic E-state index is 12.9. The van der Waals surface area contributed by atoms with Crippen LogP contribution in [0.3, 0.4) is 0 Å². The number of rotatable bonds is 55. The Morgan fingerprint density at radius 3 is 0.819 bits per heavy atom. The van der Waals surface area contributed by atoms with Crippen LogP contribution in [0.25, 0.3) is 0 Å². The predicted molar refractivity (Wildman–Crippen MR) is 311 cm³/mol. The van der Waals surface area contributed by atoms with Gasteiger partial charge >= 0.3 is 17.9 Å². The third-order valence-corrected chi connectivity index (χ3v) is 13.1. The molecule has 0 N–H and O–H groups in total. The molecule has 0 aromatic rings. The summed E-state index contributed by atoms with van der Waals surface area (Å²) in [6.07, 6.45) is 78.5. The van der Waals surface area contributed by atoms with Gasteiger partial charge in [-0.1, -0.05) is 241 Å². The van der Waals surface area contributed by atoms with E-state index in [-0.39, 0.29) is 31.1 Å². The van der Waals surface area contributed by atoms with Gasteiger partial charge < -0.3 is 14.2 Å². The molecular formula is C66H114O6. The summed E-state index contributed by atoms with van der Waals surface area (Å²) in [7, 11) is 0. The second-order valence-corrected chi connectivity index (χ2v) is 20.2. The maximum absolute atomic E-state index is 12.9. The molecule has 0 amide bonds. The first kappa shape index (κ1) is 68.6. The molecule has 0 unspecified atom stereocenters. The second-order valence-electron chi connectivity index (χ2n) is 20.2. The molecule has 0 radical (unpaired) electrons. The monoisotopic (exact) mass is 1000 g/mol. The summed E-state index contributed by atoms with van der Waals surface area (Å²) in [6, 6.07) is 0. The van der Waals surface area contributed by atoms with Gasteiger partial charge in [0, 0.05) is 19.3 Å². The molecule has 0 aromatic heterocycles. The normalized spacial score (nSPS) is 12.7. The number of esters is 3. The van der Waals surface area contributed by atoms with Crippen molar-refractivity contribution < 1.29 is 28.6 Å². The van der Waals surface area contributed by atoms with Crippen LogP contribution in [0.4, 0.5) is 0 Å². The van der Waals surface area contributed by atoms with Gasteiger partial charge in [0.2, 0.25) is 0 Å². The van der Waals surface area contributed by atoms with Crippen molar-refractivity contribution in [3.63, 3.8) is 0 Å². The molecule has 0 saturated carbocycles. The van der Waals surface area contributed by atoms with Crippen LogP contribution in [0.1, 0.15) is 297 Å². The highest BCUT2D eigenvalue weighted by molar-refractivity contribution is 5.71. The van der Waals surface area contributed by atoms with Gasteiger partial charge in [-0.05, 0) is 122 Å². The first-order valence-corrected chi connectivity index (χ1v) is 30.6. The van der Waals surface area contributed by atoms with Gasteiger partial charge in [0.05, 0.1) is 0 Å². The number of carbonyl (C=O) groups is 3. The summed E-state index contributed by atoms with van der Waals surface area (Å²) in [4.78, 5) is 38.3. The van der Waals surface area contributed by atoms with E-state index in [0.717, 1.165) is 109 Å². The number of unbranched alkanes of at least 4 members (excludes halogenated alkanes) is 30. The molecule has 0 saturated heterocycles. The average Bonchev–Trinajstić information content (AvgIpc) is 3.38. The van der Waals surface area contributed by atoms with Crippen LogP contribution in [-0.2, 0) is 28.6 Å². The highest BCUT2D eigenvalue weighted by Gasteiger charge is 2.19. The minimum absolute atomic E-state index is 0.0902. The zero-order valence-electron chi connectivity index (χ0n) is 47.4. The molecule has 0 aliphatic heterocycles. The van der Waals surface area contributed by atoms with Crippen molar-refractivity contribution in [1.82, 2.24) is 0 Å². The Morgan fingerprint density at radius 2 is 0.500 bits per heavy atom. The molecule has 0 spiro atoms. The van der Waals surface area contributed by atoms with E-state index in [1.807, 2.05) is 0 Å². The summed E-state index contributed by atoms with van der Waals surface area (Å²) in [5.41, 5.74) is 0. The van der Waals surface area contributed by atoms with Gasteiger partial charge in [-0.3, -0.25) is 14.4 Å². The minimum atomic E-state index is -0.794. The molecule has 0 heterocycles. The van der Waals surface area contributed by atoms with Crippen molar-refractivity contribution >= 4 is 17.9 Å². The molecule has 6 heteroatoms. The van der Waals surface area contributed by atoms with Crippen LogP contribution in [0.2, 0.25) is 0 Å². The number of ether oxygens (including phenoxy) is 3. The van der Waals surface area contributed by atoms with Crippen molar-refractivity contribution in [3.05, 3.63) is 85.1 Å². The SMILES string of the molecule is CCCCC/C=C\C/C=C\C/C=C\CCCCCCCCC(=O)OC[C@@H](COC(=O)CCCCCCC/C=C\CCCCCCCCC)OC(=O)CCCCCCCC/C=C\C/C=C\C/C=C\CCCCC. The van der Waals surface area contributed by atoms with Crippen molar-refractivity contribution in [2.24, 2.45) is 0 Å². The smallest absolute Gasteiger partial charge is 0.306 e. The Labute approximate surface area is 445 Å². The fourth-order valence-corrected chi connectivity index (χ4v) is 8.45. The third kappa shape index (κ3) is 57.5. The number of hydrogen-bond donors (Lipinski definition) is 0. The predicted octanol–water partition coefficient (Wildman–Crippen LogP) is 20.7. The molecule has 72 heavy (non-hydrogen) atoms. The molecule has 0 fully saturated rings. The van der Waals surface area contributed by atoms with Crippen molar-refractivity contribution in [2.45, 2.75) is 303 Å². The number of allylic oxidation sites excluding steroid dienone is 14. The molecule has 1 atom stereocenters. The molecule has 0 aliphatic rings. The van der Waals surface area contributed by atoms with E-state index in [2.05, 4.69) is 106 Å². The van der Waals surface area contributed by atoms with E-state index in [1.165, 1.54) is 148 Å². The van der Waals surface area contributed by atoms with E-state index in [0.29, 0.717) is 19.3 Å². The topological polar surface area (TPSA) is 78.9 Å². The number of carbonyl (C=O) groups excluding carboxylic acids is 3.